The zero-order valence-electron chi connectivity index (χ0n) is 8.58. The van der Waals surface area contributed by atoms with Gasteiger partial charge >= 0.3 is 0 Å². The van der Waals surface area contributed by atoms with Crippen molar-refractivity contribution in [1.29, 1.82) is 5.26 Å². The molecule has 1 atom stereocenters. The van der Waals surface area contributed by atoms with Gasteiger partial charge in [-0.25, -0.2) is 0 Å². The summed E-state index contributed by atoms with van der Waals surface area (Å²) >= 11 is 17.7. The van der Waals surface area contributed by atoms with Crippen molar-refractivity contribution >= 4 is 46.4 Å². The fourth-order valence-electron chi connectivity index (χ4n) is 1.75. The summed E-state index contributed by atoms with van der Waals surface area (Å²) in [6.45, 7) is 0.340. The molecular formula is C11H7Cl3N2O. The molecule has 1 aromatic rings. The van der Waals surface area contributed by atoms with Crippen molar-refractivity contribution in [2.24, 2.45) is 5.92 Å². The van der Waals surface area contributed by atoms with Gasteiger partial charge in [-0.1, -0.05) is 34.8 Å². The SMILES string of the molecule is N#CC1CC(=O)N(c2cc(Cl)c(Cl)cc2Cl)C1. The van der Waals surface area contributed by atoms with Crippen LogP contribution in [0.15, 0.2) is 12.1 Å². The summed E-state index contributed by atoms with van der Waals surface area (Å²) in [5.74, 6) is -0.426. The molecule has 1 aromatic carbocycles. The molecule has 88 valence electrons. The fourth-order valence-corrected chi connectivity index (χ4v) is 2.39. The number of halogens is 3. The first-order chi connectivity index (χ1) is 8.02. The van der Waals surface area contributed by atoms with Crippen LogP contribution in [-0.4, -0.2) is 12.5 Å². The number of anilines is 1. The molecule has 2 rings (SSSR count). The number of hydrogen-bond donors (Lipinski definition) is 0. The van der Waals surface area contributed by atoms with Crippen molar-refractivity contribution in [3.8, 4) is 6.07 Å². The Kier molecular flexibility index (Phi) is 3.48. The van der Waals surface area contributed by atoms with Crippen LogP contribution in [0.3, 0.4) is 0 Å². The van der Waals surface area contributed by atoms with Crippen molar-refractivity contribution < 1.29 is 4.79 Å². The van der Waals surface area contributed by atoms with Crippen molar-refractivity contribution in [2.75, 3.05) is 11.4 Å². The molecule has 6 heteroatoms. The van der Waals surface area contributed by atoms with E-state index in [1.165, 1.54) is 11.0 Å². The molecule has 0 N–H and O–H groups in total. The molecule has 0 spiro atoms. The van der Waals surface area contributed by atoms with E-state index in [9.17, 15) is 4.79 Å². The Morgan fingerprint density at radius 2 is 1.88 bits per heavy atom. The van der Waals surface area contributed by atoms with E-state index < -0.39 is 0 Å². The van der Waals surface area contributed by atoms with Crippen LogP contribution in [0.2, 0.25) is 15.1 Å². The lowest BCUT2D eigenvalue weighted by Gasteiger charge is -2.18. The third-order valence-corrected chi connectivity index (χ3v) is 3.61. The summed E-state index contributed by atoms with van der Waals surface area (Å²) < 4.78 is 0. The van der Waals surface area contributed by atoms with Gasteiger partial charge in [-0.15, -0.1) is 0 Å². The van der Waals surface area contributed by atoms with Crippen LogP contribution in [0.25, 0.3) is 0 Å². The first-order valence-corrected chi connectivity index (χ1v) is 6.01. The molecule has 1 saturated heterocycles. The van der Waals surface area contributed by atoms with Gasteiger partial charge in [0.1, 0.15) is 0 Å². The van der Waals surface area contributed by atoms with Gasteiger partial charge in [0, 0.05) is 13.0 Å². The molecule has 1 aliphatic heterocycles. The molecule has 0 aromatic heterocycles. The molecule has 0 saturated carbocycles. The lowest BCUT2D eigenvalue weighted by molar-refractivity contribution is -0.117. The largest absolute Gasteiger partial charge is 0.310 e. The summed E-state index contributed by atoms with van der Waals surface area (Å²) in [6.07, 6.45) is 0.215. The zero-order chi connectivity index (χ0) is 12.6. The molecule has 1 amide bonds. The van der Waals surface area contributed by atoms with Gasteiger partial charge in [0.05, 0.1) is 32.7 Å². The fraction of sp³-hybridized carbons (Fsp3) is 0.273. The second-order valence-corrected chi connectivity index (χ2v) is 4.97. The average molecular weight is 290 g/mol. The van der Waals surface area contributed by atoms with E-state index in [4.69, 9.17) is 40.1 Å². The first kappa shape index (κ1) is 12.5. The minimum Gasteiger partial charge on any atom is -0.310 e. The maximum Gasteiger partial charge on any atom is 0.228 e. The maximum atomic E-state index is 11.7. The summed E-state index contributed by atoms with van der Waals surface area (Å²) in [5, 5.41) is 9.83. The molecule has 3 nitrogen and oxygen atoms in total. The van der Waals surface area contributed by atoms with Crippen LogP contribution in [0, 0.1) is 17.2 Å². The highest BCUT2D eigenvalue weighted by molar-refractivity contribution is 6.44. The molecule has 1 heterocycles. The number of hydrogen-bond acceptors (Lipinski definition) is 2. The second kappa shape index (κ2) is 4.73. The maximum absolute atomic E-state index is 11.7. The highest BCUT2D eigenvalue weighted by atomic mass is 35.5. The highest BCUT2D eigenvalue weighted by Gasteiger charge is 2.31. The lowest BCUT2D eigenvalue weighted by atomic mass is 10.1. The lowest BCUT2D eigenvalue weighted by Crippen LogP contribution is -2.24. The van der Waals surface area contributed by atoms with Crippen molar-refractivity contribution in [3.63, 3.8) is 0 Å². The minimum atomic E-state index is -0.298. The van der Waals surface area contributed by atoms with Crippen LogP contribution in [-0.2, 0) is 4.79 Å². The molecule has 0 bridgehead atoms. The summed E-state index contributed by atoms with van der Waals surface area (Å²) in [4.78, 5) is 13.2. The summed E-state index contributed by atoms with van der Waals surface area (Å²) in [7, 11) is 0. The van der Waals surface area contributed by atoms with Gasteiger partial charge in [-0.2, -0.15) is 5.26 Å². The van der Waals surface area contributed by atoms with E-state index in [0.29, 0.717) is 27.3 Å². The predicted octanol–water partition coefficient (Wildman–Crippen LogP) is 3.52. The normalized spacial score (nSPS) is 19.5. The van der Waals surface area contributed by atoms with Gasteiger partial charge < -0.3 is 4.90 Å². The highest BCUT2D eigenvalue weighted by Crippen LogP contribution is 2.36. The average Bonchev–Trinajstić information content (AvgIpc) is 2.65. The summed E-state index contributed by atoms with van der Waals surface area (Å²) in [6, 6.07) is 5.11. The van der Waals surface area contributed by atoms with Crippen molar-refractivity contribution in [3.05, 3.63) is 27.2 Å². The van der Waals surface area contributed by atoms with E-state index in [1.807, 2.05) is 0 Å². The van der Waals surface area contributed by atoms with E-state index in [0.717, 1.165) is 0 Å². The Morgan fingerprint density at radius 1 is 1.24 bits per heavy atom. The molecule has 17 heavy (non-hydrogen) atoms. The van der Waals surface area contributed by atoms with Gasteiger partial charge in [-0.05, 0) is 12.1 Å². The zero-order valence-corrected chi connectivity index (χ0v) is 10.9. The molecule has 1 aliphatic rings. The Labute approximate surface area is 113 Å². The molecule has 1 fully saturated rings. The van der Waals surface area contributed by atoms with Gasteiger partial charge in [0.15, 0.2) is 0 Å². The van der Waals surface area contributed by atoms with Gasteiger partial charge in [0.25, 0.3) is 0 Å². The third-order valence-electron chi connectivity index (χ3n) is 2.59. The number of carbonyl (C=O) groups excluding carboxylic acids is 1. The van der Waals surface area contributed by atoms with Crippen LogP contribution in [0.1, 0.15) is 6.42 Å². The summed E-state index contributed by atoms with van der Waals surface area (Å²) in [5.41, 5.74) is 0.504. The van der Waals surface area contributed by atoms with Crippen LogP contribution >= 0.6 is 34.8 Å². The quantitative estimate of drug-likeness (QED) is 0.742. The number of nitriles is 1. The Balaban J connectivity index is 2.39. The van der Waals surface area contributed by atoms with Crippen LogP contribution in [0.5, 0.6) is 0 Å². The van der Waals surface area contributed by atoms with E-state index in [1.54, 1.807) is 6.07 Å². The molecule has 0 aliphatic carbocycles. The van der Waals surface area contributed by atoms with Gasteiger partial charge in [0.2, 0.25) is 5.91 Å². The molecular weight excluding hydrogens is 282 g/mol. The van der Waals surface area contributed by atoms with E-state index in [-0.39, 0.29) is 18.2 Å². The monoisotopic (exact) mass is 288 g/mol. The van der Waals surface area contributed by atoms with E-state index >= 15 is 0 Å². The Bertz CT molecular complexity index is 524. The minimum absolute atomic E-state index is 0.128. The topological polar surface area (TPSA) is 44.1 Å². The Morgan fingerprint density at radius 3 is 2.47 bits per heavy atom. The van der Waals surface area contributed by atoms with E-state index in [2.05, 4.69) is 6.07 Å². The number of amides is 1. The van der Waals surface area contributed by atoms with Crippen molar-refractivity contribution in [2.45, 2.75) is 6.42 Å². The van der Waals surface area contributed by atoms with Crippen molar-refractivity contribution in [1.82, 2.24) is 0 Å². The Hall–Kier alpha value is -0.950. The third kappa shape index (κ3) is 2.35. The molecule has 1 unspecified atom stereocenters. The number of benzene rings is 1. The van der Waals surface area contributed by atoms with Crippen LogP contribution in [0.4, 0.5) is 5.69 Å². The number of carbonyl (C=O) groups is 1. The second-order valence-electron chi connectivity index (χ2n) is 3.75. The predicted molar refractivity (Wildman–Crippen MR) is 67.5 cm³/mol. The van der Waals surface area contributed by atoms with Gasteiger partial charge in [-0.3, -0.25) is 4.79 Å². The first-order valence-electron chi connectivity index (χ1n) is 4.87. The number of rotatable bonds is 1. The smallest absolute Gasteiger partial charge is 0.228 e. The standard InChI is InChI=1S/C11H7Cl3N2O/c12-7-2-9(14)10(3-8(7)13)16-5-6(4-15)1-11(16)17/h2-3,6H,1,5H2. The number of nitrogens with zero attached hydrogens (tertiary/aromatic N) is 2. The molecule has 0 radical (unpaired) electrons. The van der Waals surface area contributed by atoms with Crippen LogP contribution < -0.4 is 4.90 Å².